The van der Waals surface area contributed by atoms with Crippen molar-refractivity contribution < 1.29 is 31.4 Å². The number of allylic oxidation sites excluding steroid dienone is 2. The minimum Gasteiger partial charge on any atom is -0.457 e. The van der Waals surface area contributed by atoms with E-state index in [9.17, 15) is 26.7 Å². The van der Waals surface area contributed by atoms with Gasteiger partial charge in [-0.05, 0) is 30.2 Å². The van der Waals surface area contributed by atoms with Crippen LogP contribution >= 0.6 is 11.6 Å². The third-order valence-electron chi connectivity index (χ3n) is 3.49. The summed E-state index contributed by atoms with van der Waals surface area (Å²) in [5.41, 5.74) is -1.04. The van der Waals surface area contributed by atoms with E-state index in [2.05, 4.69) is 0 Å². The lowest BCUT2D eigenvalue weighted by atomic mass is 9.96. The molecule has 1 aliphatic rings. The summed E-state index contributed by atoms with van der Waals surface area (Å²) in [6.45, 7) is -0.859. The van der Waals surface area contributed by atoms with Crippen LogP contribution in [0.5, 0.6) is 5.75 Å². The second-order valence-electron chi connectivity index (χ2n) is 5.23. The molecule has 132 valence electrons. The van der Waals surface area contributed by atoms with Gasteiger partial charge in [-0.2, -0.15) is 0 Å². The van der Waals surface area contributed by atoms with Crippen molar-refractivity contribution in [3.8, 4) is 5.75 Å². The lowest BCUT2D eigenvalue weighted by Crippen LogP contribution is -2.30. The van der Waals surface area contributed by atoms with Gasteiger partial charge in [0.05, 0.1) is 17.4 Å². The van der Waals surface area contributed by atoms with Crippen LogP contribution in [-0.4, -0.2) is 38.1 Å². The lowest BCUT2D eigenvalue weighted by Gasteiger charge is -2.26. The Morgan fingerprint density at radius 3 is 2.54 bits per heavy atom. The van der Waals surface area contributed by atoms with Gasteiger partial charge in [-0.1, -0.05) is 11.6 Å². The second-order valence-corrected chi connectivity index (χ2v) is 7.89. The number of ether oxygens (including phenoxy) is 1. The molecule has 0 heterocycles. The Morgan fingerprint density at radius 1 is 1.38 bits per heavy atom. The molecule has 1 atom stereocenters. The van der Waals surface area contributed by atoms with Gasteiger partial charge in [0.2, 0.25) is 0 Å². The molecule has 0 fully saturated rings. The number of rotatable bonds is 5. The molecule has 1 unspecified atom stereocenters. The molecule has 1 N–H and O–H groups in total. The van der Waals surface area contributed by atoms with Crippen LogP contribution < -0.4 is 4.74 Å². The van der Waals surface area contributed by atoms with Crippen molar-refractivity contribution in [1.29, 1.82) is 0 Å². The molecule has 0 saturated heterocycles. The summed E-state index contributed by atoms with van der Waals surface area (Å²) in [5, 5.41) is 8.16. The monoisotopic (exact) mass is 382 g/mol. The van der Waals surface area contributed by atoms with E-state index < -0.39 is 39.5 Å². The lowest BCUT2D eigenvalue weighted by molar-refractivity contribution is 0.178. The number of halogens is 4. The Balaban J connectivity index is 2.47. The fourth-order valence-corrected chi connectivity index (χ4v) is 3.85. The Hall–Kier alpha value is -1.51. The third-order valence-corrected chi connectivity index (χ3v) is 5.22. The molecule has 2 rings (SSSR count). The van der Waals surface area contributed by atoms with Gasteiger partial charge in [-0.25, -0.2) is 21.6 Å². The van der Waals surface area contributed by atoms with E-state index in [1.165, 1.54) is 12.1 Å². The maximum absolute atomic E-state index is 13.4. The summed E-state index contributed by atoms with van der Waals surface area (Å²) >= 11 is 5.69. The molecule has 0 aliphatic heterocycles. The van der Waals surface area contributed by atoms with E-state index in [1.807, 2.05) is 0 Å². The predicted molar refractivity (Wildman–Crippen MR) is 83.5 cm³/mol. The fraction of sp³-hybridized carbons (Fsp3) is 0.333. The van der Waals surface area contributed by atoms with Crippen molar-refractivity contribution in [3.05, 3.63) is 52.0 Å². The molecule has 0 bridgehead atoms. The van der Waals surface area contributed by atoms with Gasteiger partial charge in [0.1, 0.15) is 17.3 Å². The standard InChI is InChI=1S/C15H14ClF3O4S/c1-24(21,22)13-3-2-12(14(15(18)19)11(13)7-20)23-10-5-8(16)4-9(17)6-10/h2,4-6,13,15,20H,3,7H2,1H3. The van der Waals surface area contributed by atoms with Gasteiger partial charge in [0.25, 0.3) is 6.43 Å². The second kappa shape index (κ2) is 7.16. The summed E-state index contributed by atoms with van der Waals surface area (Å²) in [6.07, 6.45) is -1.12. The quantitative estimate of drug-likeness (QED) is 0.850. The molecule has 1 aromatic rings. The summed E-state index contributed by atoms with van der Waals surface area (Å²) in [7, 11) is -3.70. The molecular weight excluding hydrogens is 369 g/mol. The topological polar surface area (TPSA) is 63.6 Å². The number of alkyl halides is 2. The molecule has 4 nitrogen and oxygen atoms in total. The van der Waals surface area contributed by atoms with Crippen LogP contribution in [0.4, 0.5) is 13.2 Å². The van der Waals surface area contributed by atoms with Crippen molar-refractivity contribution in [2.75, 3.05) is 12.9 Å². The number of hydrogen-bond donors (Lipinski definition) is 1. The number of sulfone groups is 1. The molecular formula is C15H14ClF3O4S. The van der Waals surface area contributed by atoms with Crippen LogP contribution in [0.25, 0.3) is 0 Å². The van der Waals surface area contributed by atoms with Crippen molar-refractivity contribution in [1.82, 2.24) is 0 Å². The molecule has 0 radical (unpaired) electrons. The van der Waals surface area contributed by atoms with Gasteiger partial charge >= 0.3 is 0 Å². The van der Waals surface area contributed by atoms with Crippen LogP contribution in [-0.2, 0) is 9.84 Å². The highest BCUT2D eigenvalue weighted by molar-refractivity contribution is 7.91. The average Bonchev–Trinajstić information content (AvgIpc) is 2.43. The zero-order valence-electron chi connectivity index (χ0n) is 12.5. The van der Waals surface area contributed by atoms with Gasteiger partial charge in [-0.15, -0.1) is 0 Å². The van der Waals surface area contributed by atoms with Gasteiger partial charge in [0.15, 0.2) is 9.84 Å². The molecule has 1 aliphatic carbocycles. The zero-order valence-corrected chi connectivity index (χ0v) is 14.0. The van der Waals surface area contributed by atoms with Gasteiger partial charge < -0.3 is 9.84 Å². The first-order valence-corrected chi connectivity index (χ1v) is 9.12. The van der Waals surface area contributed by atoms with Crippen LogP contribution in [0, 0.1) is 5.82 Å². The largest absolute Gasteiger partial charge is 0.457 e. The third kappa shape index (κ3) is 4.12. The molecule has 0 saturated carbocycles. The Labute approximate surface area is 142 Å². The predicted octanol–water partition coefficient (Wildman–Crippen LogP) is 3.11. The first-order chi connectivity index (χ1) is 11.1. The van der Waals surface area contributed by atoms with Gasteiger partial charge in [0, 0.05) is 17.3 Å². The maximum atomic E-state index is 13.4. The van der Waals surface area contributed by atoms with Crippen LogP contribution in [0.1, 0.15) is 6.42 Å². The molecule has 9 heteroatoms. The SMILES string of the molecule is CS(=O)(=O)C1CC=C(Oc2cc(F)cc(Cl)c2)C(C(F)F)=C1CO. The fourth-order valence-electron chi connectivity index (χ4n) is 2.48. The first kappa shape index (κ1) is 18.8. The normalized spacial score (nSPS) is 18.8. The highest BCUT2D eigenvalue weighted by Gasteiger charge is 2.35. The molecule has 1 aromatic carbocycles. The van der Waals surface area contributed by atoms with Crippen LogP contribution in [0.3, 0.4) is 0 Å². The highest BCUT2D eigenvalue weighted by atomic mass is 35.5. The molecule has 24 heavy (non-hydrogen) atoms. The van der Waals surface area contributed by atoms with E-state index in [0.717, 1.165) is 18.4 Å². The summed E-state index contributed by atoms with van der Waals surface area (Å²) in [6, 6.07) is 3.21. The number of aliphatic hydroxyl groups excluding tert-OH is 1. The smallest absolute Gasteiger partial charge is 0.267 e. The minimum atomic E-state index is -3.70. The molecule has 0 amide bonds. The number of aliphatic hydroxyl groups is 1. The highest BCUT2D eigenvalue weighted by Crippen LogP contribution is 2.35. The van der Waals surface area contributed by atoms with E-state index >= 15 is 0 Å². The number of hydrogen-bond acceptors (Lipinski definition) is 4. The zero-order chi connectivity index (χ0) is 18.1. The summed E-state index contributed by atoms with van der Waals surface area (Å²) < 4.78 is 69.0. The Bertz CT molecular complexity index is 783. The Kier molecular flexibility index (Phi) is 5.62. The van der Waals surface area contributed by atoms with E-state index in [1.54, 1.807) is 0 Å². The molecule has 0 aromatic heterocycles. The first-order valence-electron chi connectivity index (χ1n) is 6.78. The number of benzene rings is 1. The van der Waals surface area contributed by atoms with Gasteiger partial charge in [-0.3, -0.25) is 0 Å². The maximum Gasteiger partial charge on any atom is 0.267 e. The summed E-state index contributed by atoms with van der Waals surface area (Å²) in [4.78, 5) is 0. The van der Waals surface area contributed by atoms with Crippen molar-refractivity contribution in [3.63, 3.8) is 0 Å². The van der Waals surface area contributed by atoms with Crippen LogP contribution in [0.2, 0.25) is 5.02 Å². The summed E-state index contributed by atoms with van der Waals surface area (Å²) in [5.74, 6) is -1.15. The van der Waals surface area contributed by atoms with E-state index in [0.29, 0.717) is 0 Å². The van der Waals surface area contributed by atoms with E-state index in [4.69, 9.17) is 16.3 Å². The average molecular weight is 383 g/mol. The van der Waals surface area contributed by atoms with E-state index in [-0.39, 0.29) is 28.5 Å². The van der Waals surface area contributed by atoms with Crippen molar-refractivity contribution in [2.24, 2.45) is 0 Å². The van der Waals surface area contributed by atoms with Crippen molar-refractivity contribution in [2.45, 2.75) is 18.1 Å². The van der Waals surface area contributed by atoms with Crippen molar-refractivity contribution >= 4 is 21.4 Å². The minimum absolute atomic E-state index is 0.0142. The molecule has 0 spiro atoms. The van der Waals surface area contributed by atoms with Crippen LogP contribution in [0.15, 0.2) is 41.2 Å². The Morgan fingerprint density at radius 2 is 2.04 bits per heavy atom.